The summed E-state index contributed by atoms with van der Waals surface area (Å²) < 4.78 is 0. The van der Waals surface area contributed by atoms with Gasteiger partial charge in [0.25, 0.3) is 0 Å². The second kappa shape index (κ2) is 6.98. The van der Waals surface area contributed by atoms with Crippen molar-refractivity contribution in [2.24, 2.45) is 0 Å². The van der Waals surface area contributed by atoms with Gasteiger partial charge < -0.3 is 10.4 Å². The summed E-state index contributed by atoms with van der Waals surface area (Å²) in [6, 6.07) is 12.4. The number of nitrogens with one attached hydrogen (secondary N) is 1. The third-order valence-corrected chi connectivity index (χ3v) is 3.74. The highest BCUT2D eigenvalue weighted by molar-refractivity contribution is 7.12. The quantitative estimate of drug-likeness (QED) is 0.769. The largest absolute Gasteiger partial charge is 0.481 e. The van der Waals surface area contributed by atoms with Crippen molar-refractivity contribution < 1.29 is 14.7 Å². The zero-order valence-electron chi connectivity index (χ0n) is 10.8. The number of carboxylic acids is 1. The number of benzene rings is 1. The maximum absolute atomic E-state index is 12.2. The lowest BCUT2D eigenvalue weighted by atomic mass is 10.1. The summed E-state index contributed by atoms with van der Waals surface area (Å²) in [5.74, 6) is -1.15. The number of carbonyl (C=O) groups is 2. The van der Waals surface area contributed by atoms with Crippen LogP contribution in [0.1, 0.15) is 21.7 Å². The molecule has 4 nitrogen and oxygen atoms in total. The first kappa shape index (κ1) is 14.4. The summed E-state index contributed by atoms with van der Waals surface area (Å²) in [4.78, 5) is 23.7. The van der Waals surface area contributed by atoms with E-state index in [2.05, 4.69) is 5.32 Å². The molecule has 1 aromatic carbocycles. The average Bonchev–Trinajstić information content (AvgIpc) is 2.97. The van der Waals surface area contributed by atoms with Crippen LogP contribution in [0.3, 0.4) is 0 Å². The topological polar surface area (TPSA) is 66.4 Å². The van der Waals surface area contributed by atoms with Crippen LogP contribution in [0.15, 0.2) is 47.8 Å². The maximum Gasteiger partial charge on any atom is 0.305 e. The fraction of sp³-hybridized carbons (Fsp3) is 0.200. The van der Waals surface area contributed by atoms with Crippen molar-refractivity contribution in [3.05, 3.63) is 58.3 Å². The van der Waals surface area contributed by atoms with Crippen molar-refractivity contribution in [3.8, 4) is 0 Å². The van der Waals surface area contributed by atoms with Gasteiger partial charge in [0, 0.05) is 6.54 Å². The molecule has 0 amide bonds. The molecule has 5 heteroatoms. The molecular formula is C15H15NO3S. The second-order valence-corrected chi connectivity index (χ2v) is 5.31. The molecule has 104 valence electrons. The van der Waals surface area contributed by atoms with Crippen LogP contribution in [-0.2, 0) is 11.3 Å². The Morgan fingerprint density at radius 2 is 1.90 bits per heavy atom. The maximum atomic E-state index is 12.2. The number of rotatable bonds is 7. The van der Waals surface area contributed by atoms with E-state index >= 15 is 0 Å². The molecule has 20 heavy (non-hydrogen) atoms. The summed E-state index contributed by atoms with van der Waals surface area (Å²) >= 11 is 1.33. The molecule has 0 spiro atoms. The standard InChI is InChI=1S/C15H15NO3S/c17-14(18)9-12(15(19)13-7-4-8-20-13)16-10-11-5-2-1-3-6-11/h1-8,12,16H,9-10H2,(H,17,18). The molecule has 0 aliphatic heterocycles. The van der Waals surface area contributed by atoms with E-state index in [0.717, 1.165) is 5.56 Å². The van der Waals surface area contributed by atoms with E-state index in [1.165, 1.54) is 11.3 Å². The molecule has 2 N–H and O–H groups in total. The SMILES string of the molecule is O=C(O)CC(NCc1ccccc1)C(=O)c1cccs1. The van der Waals surface area contributed by atoms with E-state index in [4.69, 9.17) is 5.11 Å². The predicted molar refractivity (Wildman–Crippen MR) is 78.0 cm³/mol. The van der Waals surface area contributed by atoms with Crippen LogP contribution in [0.2, 0.25) is 0 Å². The van der Waals surface area contributed by atoms with Crippen molar-refractivity contribution >= 4 is 23.1 Å². The Morgan fingerprint density at radius 1 is 1.15 bits per heavy atom. The number of carboxylic acid groups (broad SMARTS) is 1. The summed E-state index contributed by atoms with van der Waals surface area (Å²) in [7, 11) is 0. The Labute approximate surface area is 121 Å². The zero-order valence-corrected chi connectivity index (χ0v) is 11.6. The molecule has 0 bridgehead atoms. The summed E-state index contributed by atoms with van der Waals surface area (Å²) in [6.07, 6.45) is -0.219. The van der Waals surface area contributed by atoms with Crippen LogP contribution >= 0.6 is 11.3 Å². The molecule has 1 aromatic heterocycles. The molecule has 1 atom stereocenters. The Kier molecular flexibility index (Phi) is 5.03. The number of carbonyl (C=O) groups excluding carboxylic acids is 1. The molecular weight excluding hydrogens is 274 g/mol. The second-order valence-electron chi connectivity index (χ2n) is 4.36. The molecule has 0 fully saturated rings. The normalized spacial score (nSPS) is 12.0. The third kappa shape index (κ3) is 4.01. The van der Waals surface area contributed by atoms with Gasteiger partial charge in [-0.2, -0.15) is 0 Å². The van der Waals surface area contributed by atoms with Crippen LogP contribution in [0, 0.1) is 0 Å². The molecule has 2 aromatic rings. The lowest BCUT2D eigenvalue weighted by Crippen LogP contribution is -2.38. The van der Waals surface area contributed by atoms with Crippen LogP contribution in [0.25, 0.3) is 0 Å². The first-order valence-electron chi connectivity index (χ1n) is 6.23. The number of ketones is 1. The first-order valence-corrected chi connectivity index (χ1v) is 7.11. The van der Waals surface area contributed by atoms with Crippen molar-refractivity contribution in [3.63, 3.8) is 0 Å². The molecule has 0 aliphatic rings. The van der Waals surface area contributed by atoms with Crippen molar-refractivity contribution in [2.75, 3.05) is 0 Å². The fourth-order valence-electron chi connectivity index (χ4n) is 1.86. The van der Waals surface area contributed by atoms with Crippen molar-refractivity contribution in [2.45, 2.75) is 19.0 Å². The minimum absolute atomic E-state index is 0.168. The Bertz CT molecular complexity index is 566. The number of hydrogen-bond acceptors (Lipinski definition) is 4. The van der Waals surface area contributed by atoms with Gasteiger partial charge in [0.2, 0.25) is 0 Å². The highest BCUT2D eigenvalue weighted by atomic mass is 32.1. The van der Waals surface area contributed by atoms with Crippen LogP contribution in [0.5, 0.6) is 0 Å². The van der Waals surface area contributed by atoms with Gasteiger partial charge in [-0.3, -0.25) is 9.59 Å². The van der Waals surface area contributed by atoms with Crippen LogP contribution < -0.4 is 5.32 Å². The van der Waals surface area contributed by atoms with Gasteiger partial charge in [0.05, 0.1) is 17.3 Å². The van der Waals surface area contributed by atoms with Gasteiger partial charge in [0.1, 0.15) is 0 Å². The van der Waals surface area contributed by atoms with Crippen LogP contribution in [-0.4, -0.2) is 22.9 Å². The number of hydrogen-bond donors (Lipinski definition) is 2. The molecule has 0 saturated carbocycles. The van der Waals surface area contributed by atoms with E-state index in [0.29, 0.717) is 11.4 Å². The van der Waals surface area contributed by atoms with Gasteiger partial charge in [-0.1, -0.05) is 36.4 Å². The minimum Gasteiger partial charge on any atom is -0.481 e. The highest BCUT2D eigenvalue weighted by Gasteiger charge is 2.23. The summed E-state index contributed by atoms with van der Waals surface area (Å²) in [6.45, 7) is 0.468. The molecule has 1 unspecified atom stereocenters. The Morgan fingerprint density at radius 3 is 2.50 bits per heavy atom. The van der Waals surface area contributed by atoms with E-state index in [9.17, 15) is 9.59 Å². The third-order valence-electron chi connectivity index (χ3n) is 2.85. The zero-order chi connectivity index (χ0) is 14.4. The highest BCUT2D eigenvalue weighted by Crippen LogP contribution is 2.13. The molecule has 0 radical (unpaired) electrons. The lowest BCUT2D eigenvalue weighted by molar-refractivity contribution is -0.137. The smallest absolute Gasteiger partial charge is 0.305 e. The molecule has 0 aliphatic carbocycles. The molecule has 1 heterocycles. The fourth-order valence-corrected chi connectivity index (χ4v) is 2.58. The molecule has 0 saturated heterocycles. The average molecular weight is 289 g/mol. The lowest BCUT2D eigenvalue weighted by Gasteiger charge is -2.15. The van der Waals surface area contributed by atoms with Gasteiger partial charge in [-0.05, 0) is 17.0 Å². The van der Waals surface area contributed by atoms with Gasteiger partial charge in [-0.15, -0.1) is 11.3 Å². The van der Waals surface area contributed by atoms with E-state index in [1.54, 1.807) is 12.1 Å². The number of Topliss-reactive ketones (excluding diaryl/α,β-unsaturated/α-hetero) is 1. The van der Waals surface area contributed by atoms with Gasteiger partial charge in [-0.25, -0.2) is 0 Å². The predicted octanol–water partition coefficient (Wildman–Crippen LogP) is 2.56. The van der Waals surface area contributed by atoms with Gasteiger partial charge in [0.15, 0.2) is 5.78 Å². The molecule has 2 rings (SSSR count). The Hall–Kier alpha value is -1.98. The number of thiophene rings is 1. The monoisotopic (exact) mass is 289 g/mol. The first-order chi connectivity index (χ1) is 9.66. The van der Waals surface area contributed by atoms with Crippen molar-refractivity contribution in [1.29, 1.82) is 0 Å². The summed E-state index contributed by atoms with van der Waals surface area (Å²) in [5, 5.41) is 13.8. The van der Waals surface area contributed by atoms with Crippen molar-refractivity contribution in [1.82, 2.24) is 5.32 Å². The minimum atomic E-state index is -0.986. The van der Waals surface area contributed by atoms with E-state index < -0.39 is 12.0 Å². The van der Waals surface area contributed by atoms with Gasteiger partial charge >= 0.3 is 5.97 Å². The Balaban J connectivity index is 2.04. The number of aliphatic carboxylic acids is 1. The van der Waals surface area contributed by atoms with Crippen LogP contribution in [0.4, 0.5) is 0 Å². The summed E-state index contributed by atoms with van der Waals surface area (Å²) in [5.41, 5.74) is 1.02. The van der Waals surface area contributed by atoms with E-state index in [1.807, 2.05) is 35.7 Å². The van der Waals surface area contributed by atoms with E-state index in [-0.39, 0.29) is 12.2 Å².